The van der Waals surface area contributed by atoms with Gasteiger partial charge in [0.2, 0.25) is 0 Å². The van der Waals surface area contributed by atoms with Gasteiger partial charge in [0.1, 0.15) is 21.3 Å². The van der Waals surface area contributed by atoms with E-state index in [0.717, 1.165) is 18.4 Å². The number of rotatable bonds is 6. The largest absolute Gasteiger partial charge is 0.377 e. The van der Waals surface area contributed by atoms with Crippen LogP contribution >= 0.6 is 0 Å². The summed E-state index contributed by atoms with van der Waals surface area (Å²) in [5, 5.41) is 13.6. The summed E-state index contributed by atoms with van der Waals surface area (Å²) in [7, 11) is -3.08. The van der Waals surface area contributed by atoms with Crippen LogP contribution < -0.4 is 5.32 Å². The molecule has 0 aliphatic heterocycles. The van der Waals surface area contributed by atoms with Crippen LogP contribution in [0, 0.1) is 15.9 Å². The molecule has 1 rings (SSSR count). The molecular formula is C11H15FN2O4S. The Morgan fingerprint density at radius 3 is 2.63 bits per heavy atom. The minimum Gasteiger partial charge on any atom is -0.377 e. The van der Waals surface area contributed by atoms with Gasteiger partial charge in [0.05, 0.1) is 16.7 Å². The molecule has 1 atom stereocenters. The van der Waals surface area contributed by atoms with Crippen LogP contribution in [0.25, 0.3) is 0 Å². The monoisotopic (exact) mass is 290 g/mol. The Balaban J connectivity index is 2.79. The lowest BCUT2D eigenvalue weighted by molar-refractivity contribution is -0.384. The van der Waals surface area contributed by atoms with E-state index in [9.17, 15) is 22.9 Å². The molecule has 0 spiro atoms. The Bertz CT molecular complexity index is 574. The molecule has 0 saturated heterocycles. The lowest BCUT2D eigenvalue weighted by Gasteiger charge is -2.14. The first-order chi connectivity index (χ1) is 8.69. The topological polar surface area (TPSA) is 89.3 Å². The maximum Gasteiger partial charge on any atom is 0.295 e. The number of anilines is 1. The van der Waals surface area contributed by atoms with E-state index in [4.69, 9.17) is 0 Å². The van der Waals surface area contributed by atoms with Crippen molar-refractivity contribution in [2.45, 2.75) is 19.4 Å². The first kappa shape index (κ1) is 15.4. The minimum absolute atomic E-state index is 0.0177. The second-order valence-corrected chi connectivity index (χ2v) is 6.64. The van der Waals surface area contributed by atoms with Crippen LogP contribution in [0.15, 0.2) is 18.2 Å². The Morgan fingerprint density at radius 2 is 2.11 bits per heavy atom. The van der Waals surface area contributed by atoms with Gasteiger partial charge >= 0.3 is 0 Å². The number of halogens is 1. The molecule has 0 aromatic heterocycles. The number of benzene rings is 1. The molecule has 0 amide bonds. The Morgan fingerprint density at radius 1 is 1.47 bits per heavy atom. The number of sulfone groups is 1. The molecule has 19 heavy (non-hydrogen) atoms. The summed E-state index contributed by atoms with van der Waals surface area (Å²) in [6.45, 7) is 1.71. The number of nitro groups is 1. The third-order valence-corrected chi connectivity index (χ3v) is 3.46. The van der Waals surface area contributed by atoms with E-state index >= 15 is 0 Å². The summed E-state index contributed by atoms with van der Waals surface area (Å²) in [6.07, 6.45) is 1.44. The first-order valence-electron chi connectivity index (χ1n) is 5.57. The first-order valence-corrected chi connectivity index (χ1v) is 7.63. The summed E-state index contributed by atoms with van der Waals surface area (Å²) in [4.78, 5) is 10.1. The third kappa shape index (κ3) is 5.21. The number of nitro benzene ring substituents is 1. The van der Waals surface area contributed by atoms with E-state index in [1.165, 1.54) is 6.07 Å². The number of hydrogen-bond donors (Lipinski definition) is 1. The minimum atomic E-state index is -3.08. The molecule has 106 valence electrons. The zero-order valence-electron chi connectivity index (χ0n) is 10.6. The second-order valence-electron chi connectivity index (χ2n) is 4.38. The van der Waals surface area contributed by atoms with Crippen LogP contribution in [0.4, 0.5) is 15.8 Å². The van der Waals surface area contributed by atoms with Gasteiger partial charge < -0.3 is 5.32 Å². The van der Waals surface area contributed by atoms with Gasteiger partial charge in [-0.15, -0.1) is 0 Å². The van der Waals surface area contributed by atoms with Crippen molar-refractivity contribution < 1.29 is 17.7 Å². The van der Waals surface area contributed by atoms with Crippen LogP contribution in [-0.2, 0) is 9.84 Å². The van der Waals surface area contributed by atoms with E-state index in [0.29, 0.717) is 6.42 Å². The number of nitrogens with one attached hydrogen (secondary N) is 1. The van der Waals surface area contributed by atoms with E-state index < -0.39 is 20.6 Å². The fourth-order valence-electron chi connectivity index (χ4n) is 1.51. The van der Waals surface area contributed by atoms with E-state index in [-0.39, 0.29) is 23.2 Å². The summed E-state index contributed by atoms with van der Waals surface area (Å²) < 4.78 is 35.0. The lowest BCUT2D eigenvalue weighted by atomic mass is 10.2. The predicted molar refractivity (Wildman–Crippen MR) is 70.5 cm³/mol. The quantitative estimate of drug-likeness (QED) is 0.639. The average Bonchev–Trinajstić information content (AvgIpc) is 2.28. The maximum absolute atomic E-state index is 12.9. The molecular weight excluding hydrogens is 275 g/mol. The highest BCUT2D eigenvalue weighted by atomic mass is 32.2. The molecule has 0 radical (unpaired) electrons. The van der Waals surface area contributed by atoms with Crippen LogP contribution in [0.1, 0.15) is 13.3 Å². The number of hydrogen-bond acceptors (Lipinski definition) is 5. The third-order valence-electron chi connectivity index (χ3n) is 2.48. The van der Waals surface area contributed by atoms with Gasteiger partial charge in [-0.05, 0) is 25.5 Å². The molecule has 6 nitrogen and oxygen atoms in total. The highest BCUT2D eigenvalue weighted by molar-refractivity contribution is 7.90. The van der Waals surface area contributed by atoms with Crippen molar-refractivity contribution in [2.75, 3.05) is 17.3 Å². The molecule has 0 heterocycles. The van der Waals surface area contributed by atoms with Crippen molar-refractivity contribution in [2.24, 2.45) is 0 Å². The predicted octanol–water partition coefficient (Wildman–Crippen LogP) is 1.97. The van der Waals surface area contributed by atoms with Crippen molar-refractivity contribution in [1.82, 2.24) is 0 Å². The van der Waals surface area contributed by atoms with Gasteiger partial charge in [0, 0.05) is 12.3 Å². The molecule has 0 fully saturated rings. The zero-order chi connectivity index (χ0) is 14.6. The molecule has 1 N–H and O–H groups in total. The fraction of sp³-hybridized carbons (Fsp3) is 0.455. The van der Waals surface area contributed by atoms with Gasteiger partial charge in [-0.25, -0.2) is 12.8 Å². The van der Waals surface area contributed by atoms with Crippen LogP contribution in [0.2, 0.25) is 0 Å². The highest BCUT2D eigenvalue weighted by Crippen LogP contribution is 2.25. The zero-order valence-corrected chi connectivity index (χ0v) is 11.4. The van der Waals surface area contributed by atoms with Crippen molar-refractivity contribution >= 4 is 21.2 Å². The summed E-state index contributed by atoms with van der Waals surface area (Å²) in [5.74, 6) is -0.711. The van der Waals surface area contributed by atoms with E-state index in [1.807, 2.05) is 0 Å². The van der Waals surface area contributed by atoms with E-state index in [1.54, 1.807) is 6.92 Å². The SMILES string of the molecule is CC(CCS(C)(=O)=O)Nc1ccc(F)cc1[N+](=O)[O-]. The van der Waals surface area contributed by atoms with Crippen molar-refractivity contribution in [3.05, 3.63) is 34.1 Å². The standard InChI is InChI=1S/C11H15FN2O4S/c1-8(5-6-19(2,17)18)13-10-4-3-9(12)7-11(10)14(15)16/h3-4,7-8,13H,5-6H2,1-2H3. The fourth-order valence-corrected chi connectivity index (χ4v) is 2.29. The van der Waals surface area contributed by atoms with Crippen molar-refractivity contribution in [1.29, 1.82) is 0 Å². The Labute approximate surface area is 110 Å². The molecule has 1 aromatic carbocycles. The Kier molecular flexibility index (Phi) is 4.82. The smallest absolute Gasteiger partial charge is 0.295 e. The molecule has 0 aliphatic carbocycles. The molecule has 8 heteroatoms. The van der Waals surface area contributed by atoms with Gasteiger partial charge in [-0.3, -0.25) is 10.1 Å². The van der Waals surface area contributed by atoms with Gasteiger partial charge in [-0.2, -0.15) is 0 Å². The van der Waals surface area contributed by atoms with Crippen molar-refractivity contribution in [3.63, 3.8) is 0 Å². The summed E-state index contributed by atoms with van der Waals surface area (Å²) in [5.41, 5.74) is -0.196. The van der Waals surface area contributed by atoms with Crippen LogP contribution in [0.5, 0.6) is 0 Å². The summed E-state index contributed by atoms with van der Waals surface area (Å²) >= 11 is 0. The molecule has 0 aliphatic rings. The molecule has 1 aromatic rings. The average molecular weight is 290 g/mol. The van der Waals surface area contributed by atoms with Gasteiger partial charge in [0.25, 0.3) is 5.69 Å². The van der Waals surface area contributed by atoms with Crippen LogP contribution in [-0.4, -0.2) is 31.4 Å². The van der Waals surface area contributed by atoms with Crippen molar-refractivity contribution in [3.8, 4) is 0 Å². The Hall–Kier alpha value is -1.70. The maximum atomic E-state index is 12.9. The lowest BCUT2D eigenvalue weighted by Crippen LogP contribution is -2.20. The van der Waals surface area contributed by atoms with Crippen LogP contribution in [0.3, 0.4) is 0 Å². The summed E-state index contributed by atoms with van der Waals surface area (Å²) in [6, 6.07) is 2.92. The number of nitrogens with zero attached hydrogens (tertiary/aromatic N) is 1. The highest BCUT2D eigenvalue weighted by Gasteiger charge is 2.17. The normalized spacial score (nSPS) is 13.0. The van der Waals surface area contributed by atoms with Gasteiger partial charge in [0.15, 0.2) is 0 Å². The van der Waals surface area contributed by atoms with Gasteiger partial charge in [-0.1, -0.05) is 0 Å². The van der Waals surface area contributed by atoms with E-state index in [2.05, 4.69) is 5.32 Å². The molecule has 1 unspecified atom stereocenters. The second kappa shape index (κ2) is 5.96. The molecule has 0 bridgehead atoms. The molecule has 0 saturated carbocycles.